The number of likely N-dealkylation sites (N-methyl/N-ethyl adjacent to an activating group) is 1. The topological polar surface area (TPSA) is 136 Å². The highest BCUT2D eigenvalue weighted by Gasteiger charge is 2.25. The van der Waals surface area contributed by atoms with Crippen molar-refractivity contribution in [1.82, 2.24) is 9.62 Å². The molecule has 232 valence electrons. The summed E-state index contributed by atoms with van der Waals surface area (Å²) in [5.74, 6) is -1.44. The molecule has 0 saturated carbocycles. The van der Waals surface area contributed by atoms with Gasteiger partial charge in [-0.25, -0.2) is 8.42 Å². The Hall–Kier alpha value is -4.09. The normalized spacial score (nSPS) is 12.8. The lowest BCUT2D eigenvalue weighted by Gasteiger charge is -2.29. The number of nitrogens with zero attached hydrogens (tertiary/aromatic N) is 1. The molecule has 0 fully saturated rings. The van der Waals surface area contributed by atoms with Gasteiger partial charge in [-0.1, -0.05) is 66.7 Å². The number of aliphatic hydroxyl groups excluding tert-OH is 1. The van der Waals surface area contributed by atoms with Crippen LogP contribution in [0.25, 0.3) is 21.9 Å². The van der Waals surface area contributed by atoms with Crippen molar-refractivity contribution in [2.45, 2.75) is 49.6 Å². The molecule has 0 spiro atoms. The van der Waals surface area contributed by atoms with Crippen LogP contribution in [0, 0.1) is 0 Å². The molecule has 0 aliphatic carbocycles. The van der Waals surface area contributed by atoms with Gasteiger partial charge in [-0.15, -0.1) is 0 Å². The minimum absolute atomic E-state index is 0.0815. The Morgan fingerprint density at radius 1 is 0.864 bits per heavy atom. The maximum atomic E-state index is 13.4. The molecule has 10 heteroatoms. The quantitative estimate of drug-likeness (QED) is 0.158. The molecule has 0 aliphatic heterocycles. The van der Waals surface area contributed by atoms with E-state index in [-0.39, 0.29) is 36.4 Å². The fourth-order valence-corrected chi connectivity index (χ4v) is 6.24. The van der Waals surface area contributed by atoms with Crippen LogP contribution >= 0.6 is 0 Å². The zero-order valence-electron chi connectivity index (χ0n) is 25.2. The van der Waals surface area contributed by atoms with Crippen molar-refractivity contribution in [2.75, 3.05) is 25.5 Å². The molecular weight excluding hydrogens is 578 g/mol. The summed E-state index contributed by atoms with van der Waals surface area (Å²) in [6.45, 7) is 4.25. The average molecular weight is 618 g/mol. The zero-order valence-corrected chi connectivity index (χ0v) is 26.0. The number of hydrogen-bond acceptors (Lipinski definition) is 6. The number of carboxylic acid groups (broad SMARTS) is 1. The third kappa shape index (κ3) is 8.96. The predicted octanol–water partition coefficient (Wildman–Crippen LogP) is 4.90. The van der Waals surface area contributed by atoms with Gasteiger partial charge in [0.05, 0.1) is 17.4 Å². The number of aliphatic carboxylic acids is 1. The maximum Gasteiger partial charge on any atom is 0.303 e. The highest BCUT2D eigenvalue weighted by molar-refractivity contribution is 7.89. The van der Waals surface area contributed by atoms with E-state index in [1.54, 1.807) is 42.5 Å². The highest BCUT2D eigenvalue weighted by Crippen LogP contribution is 2.26. The van der Waals surface area contributed by atoms with Gasteiger partial charge in [0.15, 0.2) is 0 Å². The third-order valence-corrected chi connectivity index (χ3v) is 9.17. The van der Waals surface area contributed by atoms with E-state index < -0.39 is 28.0 Å². The molecule has 1 atom stereocenters. The summed E-state index contributed by atoms with van der Waals surface area (Å²) in [7, 11) is -2.43. The number of fused-ring (bicyclic) bond motifs is 1. The Kier molecular flexibility index (Phi) is 10.5. The number of hydrogen-bond donors (Lipinski definition) is 4. The van der Waals surface area contributed by atoms with E-state index in [4.69, 9.17) is 5.11 Å². The Morgan fingerprint density at radius 2 is 1.57 bits per heavy atom. The molecule has 0 aliphatic rings. The van der Waals surface area contributed by atoms with Crippen LogP contribution in [0.2, 0.25) is 0 Å². The fraction of sp³-hybridized carbons (Fsp3) is 0.294. The van der Waals surface area contributed by atoms with Crippen LogP contribution < -0.4 is 10.6 Å². The Bertz CT molecular complexity index is 1720. The van der Waals surface area contributed by atoms with E-state index in [2.05, 4.69) is 54.8 Å². The lowest BCUT2D eigenvalue weighted by Crippen LogP contribution is -2.47. The van der Waals surface area contributed by atoms with Gasteiger partial charge in [0.1, 0.15) is 0 Å². The van der Waals surface area contributed by atoms with Gasteiger partial charge in [-0.3, -0.25) is 9.59 Å². The summed E-state index contributed by atoms with van der Waals surface area (Å²) in [5, 5.41) is 27.9. The Labute approximate surface area is 258 Å². The highest BCUT2D eigenvalue weighted by atomic mass is 32.2. The van der Waals surface area contributed by atoms with Crippen molar-refractivity contribution in [3.8, 4) is 11.1 Å². The minimum atomic E-state index is -3.88. The van der Waals surface area contributed by atoms with Gasteiger partial charge in [-0.05, 0) is 72.0 Å². The summed E-state index contributed by atoms with van der Waals surface area (Å²) in [6, 6.07) is 27.9. The molecule has 0 heterocycles. The van der Waals surface area contributed by atoms with Crippen molar-refractivity contribution in [3.05, 3.63) is 96.6 Å². The van der Waals surface area contributed by atoms with Gasteiger partial charge < -0.3 is 20.8 Å². The first-order valence-electron chi connectivity index (χ1n) is 14.4. The number of carboxylic acids is 1. The monoisotopic (exact) mass is 617 g/mol. The molecule has 4 N–H and O–H groups in total. The number of amides is 1. The third-order valence-electron chi connectivity index (χ3n) is 7.35. The number of aliphatic hydroxyl groups is 1. The molecular formula is C34H39N3O6S. The van der Waals surface area contributed by atoms with Crippen molar-refractivity contribution in [1.29, 1.82) is 0 Å². The Balaban J connectivity index is 1.34. The van der Waals surface area contributed by atoms with Crippen molar-refractivity contribution >= 4 is 38.4 Å². The molecule has 0 radical (unpaired) electrons. The smallest absolute Gasteiger partial charge is 0.303 e. The fourth-order valence-electron chi connectivity index (χ4n) is 4.98. The standard InChI is InChI=1S/C34H39N3O6S/c1-34(2,21-24-11-12-25-7-4-5-8-27(25)19-24)35-22-30(38)23-37(3)44(42,43)31-10-6-9-28(20-31)26-13-15-29(16-14-26)36-32(39)17-18-33(40)41/h4-16,19-20,30,35,38H,17-18,21-23H2,1-3H3,(H,36,39)(H,40,41)/t30-/m1/s1. The van der Waals surface area contributed by atoms with Crippen LogP contribution in [0.15, 0.2) is 95.9 Å². The lowest BCUT2D eigenvalue weighted by atomic mass is 9.93. The predicted molar refractivity (Wildman–Crippen MR) is 173 cm³/mol. The van der Waals surface area contributed by atoms with E-state index in [1.165, 1.54) is 29.4 Å². The van der Waals surface area contributed by atoms with Crippen LogP contribution in [0.4, 0.5) is 5.69 Å². The van der Waals surface area contributed by atoms with Crippen molar-refractivity contribution < 1.29 is 28.2 Å². The van der Waals surface area contributed by atoms with Gasteiger partial charge in [0.25, 0.3) is 0 Å². The summed E-state index contributed by atoms with van der Waals surface area (Å²) in [6.07, 6.45) is -0.564. The molecule has 4 aromatic rings. The van der Waals surface area contributed by atoms with Crippen LogP contribution in [-0.4, -0.2) is 66.6 Å². The van der Waals surface area contributed by atoms with Crippen LogP contribution in [0.3, 0.4) is 0 Å². The van der Waals surface area contributed by atoms with Gasteiger partial charge in [0.2, 0.25) is 15.9 Å². The number of carbonyl (C=O) groups is 2. The molecule has 0 saturated heterocycles. The minimum Gasteiger partial charge on any atom is -0.481 e. The van der Waals surface area contributed by atoms with Crippen molar-refractivity contribution in [3.63, 3.8) is 0 Å². The van der Waals surface area contributed by atoms with E-state index >= 15 is 0 Å². The molecule has 9 nitrogen and oxygen atoms in total. The van der Waals surface area contributed by atoms with Crippen LogP contribution in [0.1, 0.15) is 32.3 Å². The lowest BCUT2D eigenvalue weighted by molar-refractivity contribution is -0.138. The second kappa shape index (κ2) is 14.1. The van der Waals surface area contributed by atoms with E-state index in [9.17, 15) is 23.1 Å². The molecule has 4 aromatic carbocycles. The van der Waals surface area contributed by atoms with E-state index in [0.717, 1.165) is 16.3 Å². The van der Waals surface area contributed by atoms with E-state index in [1.807, 2.05) is 12.1 Å². The van der Waals surface area contributed by atoms with Gasteiger partial charge >= 0.3 is 5.97 Å². The summed E-state index contributed by atoms with van der Waals surface area (Å²) in [4.78, 5) is 22.7. The van der Waals surface area contributed by atoms with Crippen LogP contribution in [-0.2, 0) is 26.0 Å². The van der Waals surface area contributed by atoms with E-state index in [0.29, 0.717) is 11.3 Å². The summed E-state index contributed by atoms with van der Waals surface area (Å²) in [5.41, 5.74) is 2.76. The molecule has 44 heavy (non-hydrogen) atoms. The summed E-state index contributed by atoms with van der Waals surface area (Å²) < 4.78 is 27.9. The van der Waals surface area contributed by atoms with Gasteiger partial charge in [0, 0.05) is 37.8 Å². The second-order valence-electron chi connectivity index (χ2n) is 11.6. The first-order valence-corrected chi connectivity index (χ1v) is 15.9. The number of sulfonamides is 1. The number of rotatable bonds is 14. The number of benzene rings is 4. The van der Waals surface area contributed by atoms with Crippen molar-refractivity contribution in [2.24, 2.45) is 0 Å². The van der Waals surface area contributed by atoms with Crippen LogP contribution in [0.5, 0.6) is 0 Å². The number of β-amino-alcohol motifs (C(OH)–C–C–N with tert-alkyl or cyclic N) is 1. The Morgan fingerprint density at radius 3 is 2.27 bits per heavy atom. The van der Waals surface area contributed by atoms with Gasteiger partial charge in [-0.2, -0.15) is 4.31 Å². The average Bonchev–Trinajstić information content (AvgIpc) is 2.99. The maximum absolute atomic E-state index is 13.4. The first-order chi connectivity index (χ1) is 20.8. The molecule has 1 amide bonds. The zero-order chi connectivity index (χ0) is 31.9. The molecule has 0 unspecified atom stereocenters. The second-order valence-corrected chi connectivity index (χ2v) is 13.7. The molecule has 4 rings (SSSR count). The first kappa shape index (κ1) is 32.8. The number of nitrogens with one attached hydrogen (secondary N) is 2. The largest absolute Gasteiger partial charge is 0.481 e. The number of anilines is 1. The molecule has 0 bridgehead atoms. The summed E-state index contributed by atoms with van der Waals surface area (Å²) >= 11 is 0. The SMILES string of the molecule is CN(C[C@H](O)CNC(C)(C)Cc1ccc2ccccc2c1)S(=O)(=O)c1cccc(-c2ccc(NC(=O)CCC(=O)O)cc2)c1. The number of carbonyl (C=O) groups excluding carboxylic acids is 1. The molecule has 0 aromatic heterocycles.